The van der Waals surface area contributed by atoms with E-state index in [-0.39, 0.29) is 17.1 Å². The van der Waals surface area contributed by atoms with Crippen LogP contribution in [0.3, 0.4) is 0 Å². The van der Waals surface area contributed by atoms with Gasteiger partial charge in [-0.1, -0.05) is 5.16 Å². The maximum absolute atomic E-state index is 10.8. The summed E-state index contributed by atoms with van der Waals surface area (Å²) in [5, 5.41) is 14.4. The van der Waals surface area contributed by atoms with Gasteiger partial charge in [-0.15, -0.1) is 11.3 Å². The number of hydrogen-bond donors (Lipinski definition) is 0. The summed E-state index contributed by atoms with van der Waals surface area (Å²) in [4.78, 5) is 12.5. The van der Waals surface area contributed by atoms with Gasteiger partial charge in [0.2, 0.25) is 5.76 Å². The monoisotopic (exact) mass is 250 g/mol. The van der Waals surface area contributed by atoms with Gasteiger partial charge in [-0.25, -0.2) is 0 Å². The molecule has 6 heteroatoms. The number of aromatic nitrogens is 1. The van der Waals surface area contributed by atoms with Gasteiger partial charge < -0.3 is 4.52 Å². The molecule has 5 nitrogen and oxygen atoms in total. The van der Waals surface area contributed by atoms with E-state index in [1.807, 2.05) is 19.1 Å². The molecule has 17 heavy (non-hydrogen) atoms. The van der Waals surface area contributed by atoms with Crippen LogP contribution >= 0.6 is 11.3 Å². The average Bonchev–Trinajstić information content (AvgIpc) is 2.82. The minimum absolute atomic E-state index is 0.0745. The van der Waals surface area contributed by atoms with E-state index in [1.54, 1.807) is 30.4 Å². The van der Waals surface area contributed by atoms with E-state index in [2.05, 4.69) is 5.16 Å². The Morgan fingerprint density at radius 2 is 2.18 bits per heavy atom. The van der Waals surface area contributed by atoms with E-state index in [0.29, 0.717) is 0 Å². The Morgan fingerprint density at radius 3 is 2.76 bits per heavy atom. The predicted molar refractivity (Wildman–Crippen MR) is 65.9 cm³/mol. The topological polar surface area (TPSA) is 69.2 Å². The van der Waals surface area contributed by atoms with Gasteiger partial charge in [0, 0.05) is 9.75 Å². The molecule has 0 aliphatic carbocycles. The fourth-order valence-corrected chi connectivity index (χ4v) is 2.19. The number of aryl methyl sites for hydroxylation is 2. The van der Waals surface area contributed by atoms with Crippen LogP contribution in [-0.2, 0) is 0 Å². The molecular formula is C11H10N2O3S. The summed E-state index contributed by atoms with van der Waals surface area (Å²) in [6.45, 7) is 3.55. The Hall–Kier alpha value is -1.95. The van der Waals surface area contributed by atoms with Crippen LogP contribution in [0.4, 0.5) is 5.69 Å². The molecule has 0 aliphatic heterocycles. The fraction of sp³-hybridized carbons (Fsp3) is 0.182. The zero-order chi connectivity index (χ0) is 12.4. The van der Waals surface area contributed by atoms with Crippen molar-refractivity contribution in [1.29, 1.82) is 0 Å². The third-order valence-corrected chi connectivity index (χ3v) is 3.17. The van der Waals surface area contributed by atoms with E-state index in [9.17, 15) is 10.1 Å². The summed E-state index contributed by atoms with van der Waals surface area (Å²) >= 11 is 1.61. The molecule has 0 atom stereocenters. The molecule has 0 N–H and O–H groups in total. The molecule has 0 unspecified atom stereocenters. The standard InChI is InChI=1S/C11H10N2O3S/c1-7-3-4-9(17-7)5-6-10-11(13(14)15)8(2)12-16-10/h3-6H,1-2H3/b6-5-. The quantitative estimate of drug-likeness (QED) is 0.618. The lowest BCUT2D eigenvalue weighted by molar-refractivity contribution is -0.386. The molecule has 0 radical (unpaired) electrons. The highest BCUT2D eigenvalue weighted by molar-refractivity contribution is 7.12. The molecule has 0 aromatic carbocycles. The van der Waals surface area contributed by atoms with Gasteiger partial charge >= 0.3 is 5.69 Å². The molecule has 2 rings (SSSR count). The maximum Gasteiger partial charge on any atom is 0.338 e. The number of thiophene rings is 1. The molecule has 0 fully saturated rings. The van der Waals surface area contributed by atoms with Gasteiger partial charge in [0.1, 0.15) is 0 Å². The highest BCUT2D eigenvalue weighted by Crippen LogP contribution is 2.25. The Balaban J connectivity index is 2.30. The lowest BCUT2D eigenvalue weighted by Gasteiger charge is -1.87. The van der Waals surface area contributed by atoms with Gasteiger partial charge in [0.05, 0.1) is 4.92 Å². The van der Waals surface area contributed by atoms with Gasteiger partial charge in [0.25, 0.3) is 0 Å². The van der Waals surface area contributed by atoms with E-state index in [4.69, 9.17) is 4.52 Å². The molecule has 0 saturated carbocycles. The summed E-state index contributed by atoms with van der Waals surface area (Å²) < 4.78 is 4.91. The third-order valence-electron chi connectivity index (χ3n) is 2.20. The Labute approximate surface area is 102 Å². The van der Waals surface area contributed by atoms with Crippen LogP contribution in [0.15, 0.2) is 16.7 Å². The Bertz CT molecular complexity index is 583. The Morgan fingerprint density at radius 1 is 1.41 bits per heavy atom. The molecule has 0 aliphatic rings. The average molecular weight is 250 g/mol. The minimum Gasteiger partial charge on any atom is -0.349 e. The van der Waals surface area contributed by atoms with Crippen molar-refractivity contribution in [3.8, 4) is 0 Å². The van der Waals surface area contributed by atoms with Crippen LogP contribution in [0.5, 0.6) is 0 Å². The number of nitro groups is 1. The largest absolute Gasteiger partial charge is 0.349 e. The van der Waals surface area contributed by atoms with E-state index in [0.717, 1.165) is 4.88 Å². The first kappa shape index (κ1) is 11.5. The van der Waals surface area contributed by atoms with Crippen LogP contribution < -0.4 is 0 Å². The van der Waals surface area contributed by atoms with E-state index in [1.165, 1.54) is 4.88 Å². The molecular weight excluding hydrogens is 240 g/mol. The van der Waals surface area contributed by atoms with Gasteiger partial charge in [-0.05, 0) is 38.1 Å². The lowest BCUT2D eigenvalue weighted by Crippen LogP contribution is -1.89. The van der Waals surface area contributed by atoms with Crippen molar-refractivity contribution < 1.29 is 9.45 Å². The van der Waals surface area contributed by atoms with Crippen molar-refractivity contribution in [3.63, 3.8) is 0 Å². The minimum atomic E-state index is -0.481. The number of hydrogen-bond acceptors (Lipinski definition) is 5. The van der Waals surface area contributed by atoms with Crippen molar-refractivity contribution in [2.75, 3.05) is 0 Å². The molecule has 0 spiro atoms. The van der Waals surface area contributed by atoms with E-state index >= 15 is 0 Å². The maximum atomic E-state index is 10.8. The summed E-state index contributed by atoms with van der Waals surface area (Å²) in [7, 11) is 0. The molecule has 0 bridgehead atoms. The van der Waals surface area contributed by atoms with E-state index < -0.39 is 4.92 Å². The first-order valence-electron chi connectivity index (χ1n) is 4.93. The summed E-state index contributed by atoms with van der Waals surface area (Å²) in [6, 6.07) is 3.94. The second-order valence-electron chi connectivity index (χ2n) is 3.52. The first-order chi connectivity index (χ1) is 8.08. The molecule has 2 aromatic heterocycles. The smallest absolute Gasteiger partial charge is 0.338 e. The second kappa shape index (κ2) is 4.50. The summed E-state index contributed by atoms with van der Waals surface area (Å²) in [5.41, 5.74) is 0.214. The first-order valence-corrected chi connectivity index (χ1v) is 5.75. The van der Waals surface area contributed by atoms with Crippen LogP contribution in [0.2, 0.25) is 0 Å². The molecule has 0 saturated heterocycles. The highest BCUT2D eigenvalue weighted by Gasteiger charge is 2.21. The number of nitrogens with zero attached hydrogens (tertiary/aromatic N) is 2. The van der Waals surface area contributed by atoms with Crippen molar-refractivity contribution in [3.05, 3.63) is 43.5 Å². The normalized spacial score (nSPS) is 11.2. The fourth-order valence-electron chi connectivity index (χ4n) is 1.41. The van der Waals surface area contributed by atoms with Gasteiger partial charge in [0.15, 0.2) is 5.69 Å². The van der Waals surface area contributed by atoms with Crippen LogP contribution in [0.25, 0.3) is 12.2 Å². The zero-order valence-corrected chi connectivity index (χ0v) is 10.2. The van der Waals surface area contributed by atoms with Crippen molar-refractivity contribution >= 4 is 29.2 Å². The molecule has 88 valence electrons. The SMILES string of the molecule is Cc1ccc(/C=C\c2onc(C)c2[N+](=O)[O-])s1. The van der Waals surface area contributed by atoms with Crippen LogP contribution in [-0.4, -0.2) is 10.1 Å². The van der Waals surface area contributed by atoms with Crippen LogP contribution in [0.1, 0.15) is 21.2 Å². The van der Waals surface area contributed by atoms with Crippen molar-refractivity contribution in [2.45, 2.75) is 13.8 Å². The molecule has 2 heterocycles. The van der Waals surface area contributed by atoms with Crippen molar-refractivity contribution in [2.24, 2.45) is 0 Å². The zero-order valence-electron chi connectivity index (χ0n) is 9.34. The summed E-state index contributed by atoms with van der Waals surface area (Å²) in [5.74, 6) is 0.179. The van der Waals surface area contributed by atoms with Gasteiger partial charge in [-0.2, -0.15) is 0 Å². The van der Waals surface area contributed by atoms with Crippen LogP contribution in [0, 0.1) is 24.0 Å². The highest BCUT2D eigenvalue weighted by atomic mass is 32.1. The lowest BCUT2D eigenvalue weighted by atomic mass is 10.3. The second-order valence-corrected chi connectivity index (χ2v) is 4.84. The Kier molecular flexibility index (Phi) is 3.06. The summed E-state index contributed by atoms with van der Waals surface area (Å²) in [6.07, 6.45) is 3.36. The third kappa shape index (κ3) is 2.42. The van der Waals surface area contributed by atoms with Crippen molar-refractivity contribution in [1.82, 2.24) is 5.16 Å². The molecule has 0 amide bonds. The predicted octanol–water partition coefficient (Wildman–Crippen LogP) is 3.43. The molecule has 2 aromatic rings. The number of rotatable bonds is 3. The van der Waals surface area contributed by atoms with Gasteiger partial charge in [-0.3, -0.25) is 10.1 Å².